The molecule has 0 radical (unpaired) electrons. The van der Waals surface area contributed by atoms with Gasteiger partial charge in [0.1, 0.15) is 5.84 Å². The van der Waals surface area contributed by atoms with Crippen LogP contribution in [0.15, 0.2) is 28.9 Å². The lowest BCUT2D eigenvalue weighted by Crippen LogP contribution is -2.48. The van der Waals surface area contributed by atoms with Gasteiger partial charge in [-0.05, 0) is 48.8 Å². The van der Waals surface area contributed by atoms with E-state index in [1.807, 2.05) is 0 Å². The maximum atomic E-state index is 6.30. The quantitative estimate of drug-likeness (QED) is 0.290. The van der Waals surface area contributed by atoms with Crippen LogP contribution in [-0.4, -0.2) is 22.4 Å². The highest BCUT2D eigenvalue weighted by atomic mass is 28.4. The Labute approximate surface area is 157 Å². The number of rotatable bonds is 4. The molecule has 1 N–H and O–H groups in total. The molecule has 0 atom stereocenters. The highest BCUT2D eigenvalue weighted by Gasteiger charge is 2.40. The van der Waals surface area contributed by atoms with E-state index in [1.54, 1.807) is 0 Å². The van der Waals surface area contributed by atoms with Crippen molar-refractivity contribution in [3.05, 3.63) is 35.4 Å². The smallest absolute Gasteiger partial charge is 0.228 e. The van der Waals surface area contributed by atoms with Crippen molar-refractivity contribution < 1.29 is 4.53 Å². The predicted octanol–water partition coefficient (Wildman–Crippen LogP) is 6.27. The molecule has 0 amide bonds. The maximum absolute atomic E-state index is 6.30. The minimum absolute atomic E-state index is 0.147. The summed E-state index contributed by atoms with van der Waals surface area (Å²) in [4.78, 5) is 0. The van der Waals surface area contributed by atoms with Gasteiger partial charge in [0.25, 0.3) is 0 Å². The van der Waals surface area contributed by atoms with Gasteiger partial charge in [-0.1, -0.05) is 65.8 Å². The highest BCUT2D eigenvalue weighted by molar-refractivity contribution is 6.79. The van der Waals surface area contributed by atoms with Gasteiger partial charge in [-0.15, -0.1) is 0 Å². The lowest BCUT2D eigenvalue weighted by Gasteiger charge is -2.37. The van der Waals surface area contributed by atoms with Crippen LogP contribution in [0.4, 0.5) is 0 Å². The molecule has 0 saturated heterocycles. The van der Waals surface area contributed by atoms with Gasteiger partial charge in [0.2, 0.25) is 8.32 Å². The molecular formula is C20H38N2OSi2. The molecule has 1 rings (SSSR count). The molecule has 0 aliphatic heterocycles. The number of amidine groups is 1. The first-order valence-corrected chi connectivity index (χ1v) is 15.0. The van der Waals surface area contributed by atoms with Crippen LogP contribution < -0.4 is 5.48 Å². The molecule has 0 heterocycles. The topological polar surface area (TPSA) is 33.6 Å². The lowest BCUT2D eigenvalue weighted by atomic mass is 10.1. The SMILES string of the molecule is Cc1ccccc1/C(=N/[Si](C)(C)C(C)(C)C)NO[Si](C)(C)C(C)(C)C. The average molecular weight is 379 g/mol. The molecule has 0 spiro atoms. The number of aryl methyl sites for hydroxylation is 1. The van der Waals surface area contributed by atoms with Crippen LogP contribution in [-0.2, 0) is 4.53 Å². The summed E-state index contributed by atoms with van der Waals surface area (Å²) < 4.78 is 11.5. The van der Waals surface area contributed by atoms with Crippen molar-refractivity contribution in [3.63, 3.8) is 0 Å². The fourth-order valence-corrected chi connectivity index (χ4v) is 3.47. The summed E-state index contributed by atoms with van der Waals surface area (Å²) in [6, 6.07) is 8.39. The third-order valence-electron chi connectivity index (χ3n) is 5.84. The van der Waals surface area contributed by atoms with Crippen LogP contribution in [0.1, 0.15) is 52.7 Å². The van der Waals surface area contributed by atoms with Crippen molar-refractivity contribution in [2.24, 2.45) is 4.66 Å². The average Bonchev–Trinajstić information content (AvgIpc) is 2.41. The van der Waals surface area contributed by atoms with E-state index in [2.05, 4.69) is 104 Å². The molecule has 0 unspecified atom stereocenters. The molecule has 25 heavy (non-hydrogen) atoms. The molecule has 0 fully saturated rings. The predicted molar refractivity (Wildman–Crippen MR) is 116 cm³/mol. The highest BCUT2D eigenvalue weighted by Crippen LogP contribution is 2.38. The molecular weight excluding hydrogens is 340 g/mol. The Morgan fingerprint density at radius 3 is 1.88 bits per heavy atom. The first kappa shape index (κ1) is 22.1. The van der Waals surface area contributed by atoms with Crippen LogP contribution in [0, 0.1) is 6.92 Å². The normalized spacial score (nSPS) is 14.6. The molecule has 0 aromatic heterocycles. The van der Waals surface area contributed by atoms with Crippen LogP contribution in [0.3, 0.4) is 0 Å². The van der Waals surface area contributed by atoms with E-state index in [1.165, 1.54) is 5.56 Å². The third-order valence-corrected chi connectivity index (χ3v) is 14.5. The zero-order valence-electron chi connectivity index (χ0n) is 18.2. The second kappa shape index (κ2) is 7.37. The molecule has 5 heteroatoms. The van der Waals surface area contributed by atoms with Crippen molar-refractivity contribution in [1.82, 2.24) is 5.48 Å². The first-order chi connectivity index (χ1) is 11.1. The summed E-state index contributed by atoms with van der Waals surface area (Å²) in [6.07, 6.45) is 0. The Morgan fingerprint density at radius 2 is 1.44 bits per heavy atom. The van der Waals surface area contributed by atoms with E-state index < -0.39 is 16.6 Å². The van der Waals surface area contributed by atoms with E-state index >= 15 is 0 Å². The molecule has 1 aromatic rings. The fraction of sp³-hybridized carbons (Fsp3) is 0.650. The molecule has 1 aromatic carbocycles. The van der Waals surface area contributed by atoms with Crippen molar-refractivity contribution in [2.75, 3.05) is 0 Å². The zero-order valence-corrected chi connectivity index (χ0v) is 20.2. The van der Waals surface area contributed by atoms with E-state index in [0.717, 1.165) is 11.4 Å². The van der Waals surface area contributed by atoms with Gasteiger partial charge in [0, 0.05) is 5.56 Å². The van der Waals surface area contributed by atoms with E-state index in [0.29, 0.717) is 0 Å². The Balaban J connectivity index is 3.30. The van der Waals surface area contributed by atoms with Gasteiger partial charge in [0.15, 0.2) is 8.24 Å². The molecule has 0 saturated carbocycles. The minimum Gasteiger partial charge on any atom is -0.321 e. The van der Waals surface area contributed by atoms with E-state index in [4.69, 9.17) is 9.18 Å². The van der Waals surface area contributed by atoms with Gasteiger partial charge >= 0.3 is 0 Å². The molecule has 142 valence electrons. The summed E-state index contributed by atoms with van der Waals surface area (Å²) >= 11 is 0. The van der Waals surface area contributed by atoms with Crippen molar-refractivity contribution in [3.8, 4) is 0 Å². The molecule has 0 bridgehead atoms. The standard InChI is InChI=1S/C20H38N2OSi2/c1-16-14-12-13-15-17(16)18(22-24(8,9)19(2,3)4)21-23-25(10,11)20(5,6)7/h12-15H,1-11H3,(H,21,22). The van der Waals surface area contributed by atoms with Gasteiger partial charge in [0.05, 0.1) is 0 Å². The lowest BCUT2D eigenvalue weighted by molar-refractivity contribution is 0.235. The summed E-state index contributed by atoms with van der Waals surface area (Å²) in [6.45, 7) is 24.9. The monoisotopic (exact) mass is 378 g/mol. The van der Waals surface area contributed by atoms with Gasteiger partial charge < -0.3 is 9.18 Å². The van der Waals surface area contributed by atoms with Crippen molar-refractivity contribution in [1.29, 1.82) is 0 Å². The number of hydrogen-bond acceptors (Lipinski definition) is 2. The van der Waals surface area contributed by atoms with Crippen molar-refractivity contribution >= 4 is 22.4 Å². The van der Waals surface area contributed by atoms with Crippen LogP contribution in [0.2, 0.25) is 36.3 Å². The number of benzene rings is 1. The zero-order chi connectivity index (χ0) is 19.7. The number of hydrogen-bond donors (Lipinski definition) is 1. The summed E-state index contributed by atoms with van der Waals surface area (Å²) in [7, 11) is -3.77. The maximum Gasteiger partial charge on any atom is 0.228 e. The Bertz CT molecular complexity index is 623. The number of hydroxylamine groups is 1. The number of nitrogens with one attached hydrogen (secondary N) is 1. The van der Waals surface area contributed by atoms with Gasteiger partial charge in [-0.25, -0.2) is 0 Å². The van der Waals surface area contributed by atoms with Gasteiger partial charge in [-0.2, -0.15) is 0 Å². The Kier molecular flexibility index (Phi) is 6.52. The summed E-state index contributed by atoms with van der Waals surface area (Å²) in [5.41, 5.74) is 5.64. The van der Waals surface area contributed by atoms with Crippen LogP contribution >= 0.6 is 0 Å². The second-order valence-electron chi connectivity index (χ2n) is 10.0. The first-order valence-electron chi connectivity index (χ1n) is 9.18. The molecule has 0 aliphatic rings. The molecule has 0 aliphatic carbocycles. The van der Waals surface area contributed by atoms with Crippen LogP contribution in [0.5, 0.6) is 0 Å². The molecule has 3 nitrogen and oxygen atoms in total. The van der Waals surface area contributed by atoms with E-state index in [9.17, 15) is 0 Å². The van der Waals surface area contributed by atoms with Gasteiger partial charge in [-0.3, -0.25) is 5.48 Å². The van der Waals surface area contributed by atoms with Crippen molar-refractivity contribution in [2.45, 2.75) is 84.7 Å². The van der Waals surface area contributed by atoms with E-state index in [-0.39, 0.29) is 10.1 Å². The largest absolute Gasteiger partial charge is 0.321 e. The summed E-state index contributed by atoms with van der Waals surface area (Å²) in [5.74, 6) is 0.884. The number of nitrogens with zero attached hydrogens (tertiary/aromatic N) is 1. The summed E-state index contributed by atoms with van der Waals surface area (Å²) in [5, 5.41) is 0.327. The fourth-order valence-electron chi connectivity index (χ4n) is 1.75. The van der Waals surface area contributed by atoms with Crippen LogP contribution in [0.25, 0.3) is 0 Å². The third kappa shape index (κ3) is 5.53. The Hall–Kier alpha value is -0.916. The second-order valence-corrected chi connectivity index (χ2v) is 19.6. The minimum atomic E-state index is -1.92. The Morgan fingerprint density at radius 1 is 0.920 bits per heavy atom.